The van der Waals surface area contributed by atoms with Gasteiger partial charge in [-0.25, -0.2) is 4.98 Å². The van der Waals surface area contributed by atoms with E-state index in [9.17, 15) is 9.59 Å². The summed E-state index contributed by atoms with van der Waals surface area (Å²) in [6.07, 6.45) is 0.196. The second-order valence-corrected chi connectivity index (χ2v) is 8.56. The van der Waals surface area contributed by atoms with Gasteiger partial charge >= 0.3 is 0 Å². The Bertz CT molecular complexity index is 974. The predicted molar refractivity (Wildman–Crippen MR) is 116 cm³/mol. The van der Waals surface area contributed by atoms with Gasteiger partial charge in [0.05, 0.1) is 17.9 Å². The first-order chi connectivity index (χ1) is 13.5. The molecule has 0 radical (unpaired) electrons. The summed E-state index contributed by atoms with van der Waals surface area (Å²) in [5.41, 5.74) is 3.24. The Labute approximate surface area is 176 Å². The van der Waals surface area contributed by atoms with E-state index in [1.54, 1.807) is 24.3 Å². The minimum Gasteiger partial charge on any atom is -0.326 e. The second kappa shape index (κ2) is 9.73. The predicted octanol–water partition coefficient (Wildman–Crippen LogP) is 5.02. The van der Waals surface area contributed by atoms with Crippen LogP contribution in [0.2, 0.25) is 5.02 Å². The van der Waals surface area contributed by atoms with E-state index in [4.69, 9.17) is 11.6 Å². The summed E-state index contributed by atoms with van der Waals surface area (Å²) >= 11 is 8.59. The third kappa shape index (κ3) is 6.37. The SMILES string of the molecule is Cc1cccc(NC(=O)Cc2csc(SCC(=O)Nc3ccc(Cl)cc3)n2)c1. The molecule has 2 N–H and O–H groups in total. The molecule has 3 rings (SSSR count). The van der Waals surface area contributed by atoms with E-state index in [0.29, 0.717) is 16.4 Å². The van der Waals surface area contributed by atoms with Crippen LogP contribution in [0.3, 0.4) is 0 Å². The van der Waals surface area contributed by atoms with Gasteiger partial charge in [0.2, 0.25) is 11.8 Å². The Kier molecular flexibility index (Phi) is 7.08. The van der Waals surface area contributed by atoms with Crippen molar-refractivity contribution in [2.45, 2.75) is 17.7 Å². The fourth-order valence-corrected chi connectivity index (χ4v) is 4.16. The Morgan fingerprint density at radius 1 is 1.07 bits per heavy atom. The number of aromatic nitrogens is 1. The number of amides is 2. The molecule has 5 nitrogen and oxygen atoms in total. The number of carbonyl (C=O) groups is 2. The molecule has 0 aliphatic rings. The normalized spacial score (nSPS) is 10.5. The fourth-order valence-electron chi connectivity index (χ4n) is 2.39. The maximum absolute atomic E-state index is 12.2. The van der Waals surface area contributed by atoms with Crippen molar-refractivity contribution in [3.8, 4) is 0 Å². The third-order valence-corrected chi connectivity index (χ3v) is 5.95. The Hall–Kier alpha value is -2.35. The van der Waals surface area contributed by atoms with Crippen molar-refractivity contribution in [1.82, 2.24) is 4.98 Å². The maximum atomic E-state index is 12.2. The molecule has 1 aromatic heterocycles. The number of nitrogens with one attached hydrogen (secondary N) is 2. The van der Waals surface area contributed by atoms with Crippen LogP contribution in [0, 0.1) is 6.92 Å². The van der Waals surface area contributed by atoms with Crippen molar-refractivity contribution in [1.29, 1.82) is 0 Å². The lowest BCUT2D eigenvalue weighted by atomic mass is 10.2. The highest BCUT2D eigenvalue weighted by Crippen LogP contribution is 2.23. The highest BCUT2D eigenvalue weighted by atomic mass is 35.5. The third-order valence-electron chi connectivity index (χ3n) is 3.63. The first-order valence-corrected chi connectivity index (χ1v) is 10.7. The first-order valence-electron chi connectivity index (χ1n) is 8.47. The van der Waals surface area contributed by atoms with Crippen LogP contribution in [-0.4, -0.2) is 22.6 Å². The molecule has 0 aliphatic heterocycles. The number of thioether (sulfide) groups is 1. The Morgan fingerprint density at radius 2 is 1.82 bits per heavy atom. The van der Waals surface area contributed by atoms with E-state index in [1.165, 1.54) is 23.1 Å². The van der Waals surface area contributed by atoms with Crippen LogP contribution in [0.15, 0.2) is 58.3 Å². The van der Waals surface area contributed by atoms with Gasteiger partial charge in [-0.3, -0.25) is 9.59 Å². The van der Waals surface area contributed by atoms with E-state index >= 15 is 0 Å². The summed E-state index contributed by atoms with van der Waals surface area (Å²) < 4.78 is 0.754. The second-order valence-electron chi connectivity index (χ2n) is 6.04. The van der Waals surface area contributed by atoms with Crippen LogP contribution in [0.25, 0.3) is 0 Å². The number of anilines is 2. The van der Waals surface area contributed by atoms with Crippen LogP contribution in [-0.2, 0) is 16.0 Å². The van der Waals surface area contributed by atoms with E-state index in [2.05, 4.69) is 15.6 Å². The number of halogens is 1. The van der Waals surface area contributed by atoms with Crippen molar-refractivity contribution in [2.24, 2.45) is 0 Å². The molecule has 144 valence electrons. The number of rotatable bonds is 7. The number of thiazole rings is 1. The smallest absolute Gasteiger partial charge is 0.234 e. The summed E-state index contributed by atoms with van der Waals surface area (Å²) in [5.74, 6) is -0.000347. The molecule has 0 bridgehead atoms. The Balaban J connectivity index is 1.46. The minimum atomic E-state index is -0.124. The van der Waals surface area contributed by atoms with Gasteiger partial charge in [-0.15, -0.1) is 11.3 Å². The number of benzene rings is 2. The lowest BCUT2D eigenvalue weighted by Gasteiger charge is -2.05. The van der Waals surface area contributed by atoms with E-state index in [-0.39, 0.29) is 24.0 Å². The van der Waals surface area contributed by atoms with E-state index in [1.807, 2.05) is 36.6 Å². The molecule has 0 unspecified atom stereocenters. The molecule has 0 saturated heterocycles. The standard InChI is InChI=1S/C20H18ClN3O2S2/c1-13-3-2-4-16(9-13)23-18(25)10-17-11-27-20(24-17)28-12-19(26)22-15-7-5-14(21)6-8-15/h2-9,11H,10,12H2,1H3,(H,22,26)(H,23,25). The zero-order valence-electron chi connectivity index (χ0n) is 15.1. The summed E-state index contributed by atoms with van der Waals surface area (Å²) in [6, 6.07) is 14.6. The van der Waals surface area contributed by atoms with Gasteiger partial charge in [0.25, 0.3) is 0 Å². The molecule has 0 fully saturated rings. The molecular weight excluding hydrogens is 414 g/mol. The van der Waals surface area contributed by atoms with E-state index < -0.39 is 0 Å². The molecule has 3 aromatic rings. The van der Waals surface area contributed by atoms with Gasteiger partial charge in [-0.1, -0.05) is 35.5 Å². The van der Waals surface area contributed by atoms with Crippen molar-refractivity contribution >= 4 is 57.9 Å². The maximum Gasteiger partial charge on any atom is 0.234 e. The summed E-state index contributed by atoms with van der Waals surface area (Å²) in [5, 5.41) is 8.13. The van der Waals surface area contributed by atoms with Crippen molar-refractivity contribution in [3.05, 3.63) is 70.2 Å². The molecule has 2 aromatic carbocycles. The molecule has 2 amide bonds. The van der Waals surface area contributed by atoms with Crippen LogP contribution < -0.4 is 10.6 Å². The van der Waals surface area contributed by atoms with Gasteiger partial charge in [0, 0.05) is 21.8 Å². The highest BCUT2D eigenvalue weighted by molar-refractivity contribution is 8.01. The topological polar surface area (TPSA) is 71.1 Å². The highest BCUT2D eigenvalue weighted by Gasteiger charge is 2.10. The molecular formula is C20H18ClN3O2S2. The van der Waals surface area contributed by atoms with Crippen LogP contribution in [0.1, 0.15) is 11.3 Å². The van der Waals surface area contributed by atoms with Crippen LogP contribution in [0.4, 0.5) is 11.4 Å². The lowest BCUT2D eigenvalue weighted by molar-refractivity contribution is -0.116. The molecule has 0 spiro atoms. The van der Waals surface area contributed by atoms with Gasteiger partial charge in [0.15, 0.2) is 4.34 Å². The Morgan fingerprint density at radius 3 is 2.57 bits per heavy atom. The zero-order chi connectivity index (χ0) is 19.9. The van der Waals surface area contributed by atoms with Gasteiger partial charge < -0.3 is 10.6 Å². The van der Waals surface area contributed by atoms with E-state index in [0.717, 1.165) is 15.6 Å². The van der Waals surface area contributed by atoms with Crippen LogP contribution >= 0.6 is 34.7 Å². The van der Waals surface area contributed by atoms with Crippen LogP contribution in [0.5, 0.6) is 0 Å². The minimum absolute atomic E-state index is 0.118. The quantitative estimate of drug-likeness (QED) is 0.515. The molecule has 0 saturated carbocycles. The van der Waals surface area contributed by atoms with Gasteiger partial charge in [-0.2, -0.15) is 0 Å². The number of nitrogens with zero attached hydrogens (tertiary/aromatic N) is 1. The molecule has 1 heterocycles. The number of hydrogen-bond donors (Lipinski definition) is 2. The largest absolute Gasteiger partial charge is 0.326 e. The number of hydrogen-bond acceptors (Lipinski definition) is 5. The first kappa shape index (κ1) is 20.4. The van der Waals surface area contributed by atoms with Crippen molar-refractivity contribution in [2.75, 3.05) is 16.4 Å². The van der Waals surface area contributed by atoms with Crippen molar-refractivity contribution < 1.29 is 9.59 Å². The van der Waals surface area contributed by atoms with Crippen molar-refractivity contribution in [3.63, 3.8) is 0 Å². The molecule has 28 heavy (non-hydrogen) atoms. The lowest BCUT2D eigenvalue weighted by Crippen LogP contribution is -2.15. The summed E-state index contributed by atoms with van der Waals surface area (Å²) in [7, 11) is 0. The average Bonchev–Trinajstić information content (AvgIpc) is 3.09. The molecule has 0 atom stereocenters. The average molecular weight is 432 g/mol. The fraction of sp³-hybridized carbons (Fsp3) is 0.150. The summed E-state index contributed by atoms with van der Waals surface area (Å²) in [6.45, 7) is 1.97. The number of carbonyl (C=O) groups excluding carboxylic acids is 2. The number of aryl methyl sites for hydroxylation is 1. The summed E-state index contributed by atoms with van der Waals surface area (Å²) in [4.78, 5) is 28.6. The molecule has 8 heteroatoms. The van der Waals surface area contributed by atoms with Gasteiger partial charge in [0.1, 0.15) is 0 Å². The monoisotopic (exact) mass is 431 g/mol. The zero-order valence-corrected chi connectivity index (χ0v) is 17.5. The van der Waals surface area contributed by atoms with Gasteiger partial charge in [-0.05, 0) is 48.9 Å². The molecule has 0 aliphatic carbocycles.